The van der Waals surface area contributed by atoms with E-state index in [2.05, 4.69) is 5.32 Å². The third-order valence-electron chi connectivity index (χ3n) is 5.54. The van der Waals surface area contributed by atoms with E-state index in [1.807, 2.05) is 62.4 Å². The Morgan fingerprint density at radius 3 is 2.00 bits per heavy atom. The molecule has 0 heterocycles. The molecule has 0 spiro atoms. The van der Waals surface area contributed by atoms with Crippen LogP contribution in [-0.2, 0) is 16.1 Å². The molecule has 0 saturated carbocycles. The molecule has 0 aliphatic carbocycles. The Balaban J connectivity index is 2.00. The van der Waals surface area contributed by atoms with Gasteiger partial charge in [-0.05, 0) is 68.7 Å². The molecule has 180 valence electrons. The second-order valence-electron chi connectivity index (χ2n) is 7.99. The van der Waals surface area contributed by atoms with E-state index in [4.69, 9.17) is 14.2 Å². The van der Waals surface area contributed by atoms with Crippen molar-refractivity contribution in [3.63, 3.8) is 0 Å². The van der Waals surface area contributed by atoms with Gasteiger partial charge >= 0.3 is 0 Å². The van der Waals surface area contributed by atoms with Gasteiger partial charge in [0.15, 0.2) is 0 Å². The molecule has 7 nitrogen and oxygen atoms in total. The topological polar surface area (TPSA) is 77.1 Å². The summed E-state index contributed by atoms with van der Waals surface area (Å²) in [7, 11) is 3.23. The van der Waals surface area contributed by atoms with Gasteiger partial charge in [-0.3, -0.25) is 9.59 Å². The van der Waals surface area contributed by atoms with Crippen molar-refractivity contribution in [1.82, 2.24) is 10.2 Å². The predicted molar refractivity (Wildman–Crippen MR) is 129 cm³/mol. The van der Waals surface area contributed by atoms with Gasteiger partial charge in [0.1, 0.15) is 23.3 Å². The zero-order chi connectivity index (χ0) is 24.2. The molecule has 0 aliphatic rings. The molecule has 0 bridgehead atoms. The second-order valence-corrected chi connectivity index (χ2v) is 7.99. The van der Waals surface area contributed by atoms with E-state index in [0.29, 0.717) is 19.6 Å². The van der Waals surface area contributed by atoms with Gasteiger partial charge in [-0.15, -0.1) is 0 Å². The molecule has 2 rings (SSSR count). The van der Waals surface area contributed by atoms with E-state index in [1.165, 1.54) is 0 Å². The molecular formula is C26H36N2O5. The molecule has 2 amide bonds. The number of amides is 2. The number of hydrogen-bond donors (Lipinski definition) is 1. The first-order valence-electron chi connectivity index (χ1n) is 11.4. The zero-order valence-corrected chi connectivity index (χ0v) is 20.3. The fourth-order valence-electron chi connectivity index (χ4n) is 3.20. The van der Waals surface area contributed by atoms with E-state index in [-0.39, 0.29) is 24.3 Å². The lowest BCUT2D eigenvalue weighted by atomic mass is 10.1. The lowest BCUT2D eigenvalue weighted by Gasteiger charge is -2.30. The summed E-state index contributed by atoms with van der Waals surface area (Å²) in [6.45, 7) is 6.49. The molecule has 2 aromatic rings. The van der Waals surface area contributed by atoms with Gasteiger partial charge < -0.3 is 24.4 Å². The van der Waals surface area contributed by atoms with Crippen LogP contribution in [0.1, 0.15) is 45.6 Å². The van der Waals surface area contributed by atoms with E-state index in [1.54, 1.807) is 26.0 Å². The summed E-state index contributed by atoms with van der Waals surface area (Å²) in [5.41, 5.74) is 0.932. The summed E-state index contributed by atoms with van der Waals surface area (Å²) in [6.07, 6.45) is 1.66. The quantitative estimate of drug-likeness (QED) is 0.457. The van der Waals surface area contributed by atoms with Crippen molar-refractivity contribution in [3.8, 4) is 17.2 Å². The van der Waals surface area contributed by atoms with Crippen LogP contribution in [0.15, 0.2) is 48.5 Å². The number of benzene rings is 2. The molecule has 0 radical (unpaired) electrons. The van der Waals surface area contributed by atoms with Crippen LogP contribution in [0.2, 0.25) is 0 Å². The Hall–Kier alpha value is -3.22. The fourth-order valence-corrected chi connectivity index (χ4v) is 3.20. The van der Waals surface area contributed by atoms with Crippen molar-refractivity contribution in [2.24, 2.45) is 0 Å². The molecule has 0 saturated heterocycles. The monoisotopic (exact) mass is 456 g/mol. The standard InChI is InChI=1S/C26H36N2O5/c1-6-19(2)27-26(30)20(3)28(18-21-9-11-22(31-4)12-10-21)25(29)8-7-17-33-24-15-13-23(32-5)14-16-24/h9-16,19-20H,6-8,17-18H2,1-5H3,(H,27,30)/t19-,20-/m0/s1. The number of nitrogens with zero attached hydrogens (tertiary/aromatic N) is 1. The Bertz CT molecular complexity index is 867. The highest BCUT2D eigenvalue weighted by Crippen LogP contribution is 2.18. The van der Waals surface area contributed by atoms with Gasteiger partial charge in [0.2, 0.25) is 11.8 Å². The van der Waals surface area contributed by atoms with Crippen molar-refractivity contribution in [2.45, 2.75) is 58.7 Å². The molecule has 2 atom stereocenters. The normalized spacial score (nSPS) is 12.4. The summed E-state index contributed by atoms with van der Waals surface area (Å²) < 4.78 is 16.1. The molecular weight excluding hydrogens is 420 g/mol. The summed E-state index contributed by atoms with van der Waals surface area (Å²) in [6, 6.07) is 14.3. The number of hydrogen-bond acceptors (Lipinski definition) is 5. The molecule has 7 heteroatoms. The lowest BCUT2D eigenvalue weighted by Crippen LogP contribution is -2.49. The average Bonchev–Trinajstić information content (AvgIpc) is 2.85. The summed E-state index contributed by atoms with van der Waals surface area (Å²) in [5, 5.41) is 2.98. The highest BCUT2D eigenvalue weighted by molar-refractivity contribution is 5.87. The van der Waals surface area contributed by atoms with Gasteiger partial charge in [-0.25, -0.2) is 0 Å². The molecule has 1 N–H and O–H groups in total. The predicted octanol–water partition coefficient (Wildman–Crippen LogP) is 4.19. The maximum absolute atomic E-state index is 13.1. The van der Waals surface area contributed by atoms with E-state index >= 15 is 0 Å². The zero-order valence-electron chi connectivity index (χ0n) is 20.3. The molecule has 0 aliphatic heterocycles. The SMILES string of the molecule is CC[C@H](C)NC(=O)[C@H](C)N(Cc1ccc(OC)cc1)C(=O)CCCOc1ccc(OC)cc1. The number of ether oxygens (including phenoxy) is 3. The van der Waals surface area contributed by atoms with Crippen LogP contribution in [0.25, 0.3) is 0 Å². The first kappa shape index (κ1) is 26.0. The van der Waals surface area contributed by atoms with Crippen LogP contribution in [0.5, 0.6) is 17.2 Å². The highest BCUT2D eigenvalue weighted by atomic mass is 16.5. The van der Waals surface area contributed by atoms with Gasteiger partial charge in [0.25, 0.3) is 0 Å². The highest BCUT2D eigenvalue weighted by Gasteiger charge is 2.26. The van der Waals surface area contributed by atoms with Crippen molar-refractivity contribution >= 4 is 11.8 Å². The number of carbonyl (C=O) groups excluding carboxylic acids is 2. The molecule has 0 fully saturated rings. The van der Waals surface area contributed by atoms with Crippen LogP contribution >= 0.6 is 0 Å². The van der Waals surface area contributed by atoms with Crippen LogP contribution < -0.4 is 19.5 Å². The van der Waals surface area contributed by atoms with Crippen molar-refractivity contribution < 1.29 is 23.8 Å². The van der Waals surface area contributed by atoms with Crippen LogP contribution in [0.3, 0.4) is 0 Å². The Morgan fingerprint density at radius 1 is 0.909 bits per heavy atom. The number of nitrogens with one attached hydrogen (secondary N) is 1. The Kier molecular flexibility index (Phi) is 10.5. The number of rotatable bonds is 13. The van der Waals surface area contributed by atoms with E-state index in [9.17, 15) is 9.59 Å². The largest absolute Gasteiger partial charge is 0.497 e. The van der Waals surface area contributed by atoms with Crippen LogP contribution in [-0.4, -0.2) is 49.6 Å². The van der Waals surface area contributed by atoms with Crippen molar-refractivity contribution in [3.05, 3.63) is 54.1 Å². The molecule has 0 aromatic heterocycles. The first-order chi connectivity index (χ1) is 15.9. The Labute approximate surface area is 197 Å². The second kappa shape index (κ2) is 13.4. The van der Waals surface area contributed by atoms with Crippen LogP contribution in [0, 0.1) is 0 Å². The molecule has 2 aromatic carbocycles. The lowest BCUT2D eigenvalue weighted by molar-refractivity contribution is -0.141. The van der Waals surface area contributed by atoms with Crippen molar-refractivity contribution in [2.75, 3.05) is 20.8 Å². The minimum absolute atomic E-state index is 0.0517. The van der Waals surface area contributed by atoms with Gasteiger partial charge in [-0.1, -0.05) is 19.1 Å². The van der Waals surface area contributed by atoms with Gasteiger partial charge in [-0.2, -0.15) is 0 Å². The summed E-state index contributed by atoms with van der Waals surface area (Å²) >= 11 is 0. The first-order valence-corrected chi connectivity index (χ1v) is 11.4. The summed E-state index contributed by atoms with van der Waals surface area (Å²) in [4.78, 5) is 27.5. The van der Waals surface area contributed by atoms with Gasteiger partial charge in [0, 0.05) is 19.0 Å². The number of carbonyl (C=O) groups is 2. The fraction of sp³-hybridized carbons (Fsp3) is 0.462. The van der Waals surface area contributed by atoms with Crippen LogP contribution in [0.4, 0.5) is 0 Å². The van der Waals surface area contributed by atoms with Gasteiger partial charge in [0.05, 0.1) is 20.8 Å². The van der Waals surface area contributed by atoms with E-state index < -0.39 is 6.04 Å². The third kappa shape index (κ3) is 8.33. The molecule has 33 heavy (non-hydrogen) atoms. The number of methoxy groups -OCH3 is 2. The maximum Gasteiger partial charge on any atom is 0.242 e. The average molecular weight is 457 g/mol. The minimum atomic E-state index is -0.587. The van der Waals surface area contributed by atoms with Crippen molar-refractivity contribution in [1.29, 1.82) is 0 Å². The molecule has 0 unspecified atom stereocenters. The smallest absolute Gasteiger partial charge is 0.242 e. The third-order valence-corrected chi connectivity index (χ3v) is 5.54. The summed E-state index contributed by atoms with van der Waals surface area (Å²) in [5.74, 6) is 1.99. The Morgan fingerprint density at radius 2 is 1.45 bits per heavy atom. The maximum atomic E-state index is 13.1. The minimum Gasteiger partial charge on any atom is -0.497 e. The van der Waals surface area contributed by atoms with E-state index in [0.717, 1.165) is 29.2 Å².